The maximum Gasteiger partial charge on any atom is 0.257 e. The van der Waals surface area contributed by atoms with Gasteiger partial charge in [0.1, 0.15) is 17.6 Å². The summed E-state index contributed by atoms with van der Waals surface area (Å²) in [5.74, 6) is -1.87. The molecule has 2 aromatic heterocycles. The monoisotopic (exact) mass is 1090 g/mol. The van der Waals surface area contributed by atoms with E-state index in [4.69, 9.17) is 9.72 Å². The summed E-state index contributed by atoms with van der Waals surface area (Å²) in [5, 5.41) is 25.0. The molecule has 8 rings (SSSR count). The lowest BCUT2D eigenvalue weighted by atomic mass is 9.79. The molecule has 78 heavy (non-hydrogen) atoms. The molecule has 0 spiro atoms. The molecule has 5 aromatic rings. The van der Waals surface area contributed by atoms with Gasteiger partial charge in [-0.05, 0) is 118 Å². The number of β-amino-alcohol motifs (C(OH)–C–C–N with tert-alkyl or cyclic N) is 1. The van der Waals surface area contributed by atoms with Crippen LogP contribution in [-0.4, -0.2) is 128 Å². The second-order valence-electron chi connectivity index (χ2n) is 22.2. The van der Waals surface area contributed by atoms with Crippen molar-refractivity contribution in [3.8, 4) is 16.2 Å². The number of hydrogen-bond acceptors (Lipinski definition) is 12. The zero-order valence-corrected chi connectivity index (χ0v) is 46.3. The number of carbonyl (C=O) groups is 6. The summed E-state index contributed by atoms with van der Waals surface area (Å²) in [6.07, 6.45) is 7.19. The van der Waals surface area contributed by atoms with Crippen molar-refractivity contribution in [1.29, 1.82) is 0 Å². The first-order valence-corrected chi connectivity index (χ1v) is 28.3. The normalized spacial score (nSPS) is 18.3. The number of likely N-dealkylation sites (tertiary alicyclic amines) is 2. The number of hydrogen-bond donors (Lipinski definition) is 7. The van der Waals surface area contributed by atoms with Crippen LogP contribution in [0.5, 0.6) is 5.75 Å². The van der Waals surface area contributed by atoms with Crippen molar-refractivity contribution in [2.24, 2.45) is 11.3 Å². The highest BCUT2D eigenvalue weighted by molar-refractivity contribution is 7.13. The van der Waals surface area contributed by atoms with Crippen molar-refractivity contribution < 1.29 is 43.0 Å². The lowest BCUT2D eigenvalue weighted by Crippen LogP contribution is -2.52. The number of aromatic amines is 1. The molecular formula is C58H75FN10O8S. The number of thiazole rings is 1. The van der Waals surface area contributed by atoms with Gasteiger partial charge in [-0.2, -0.15) is 0 Å². The first-order valence-electron chi connectivity index (χ1n) is 27.4. The summed E-state index contributed by atoms with van der Waals surface area (Å²) in [6.45, 7) is 12.1. The molecule has 4 atom stereocenters. The van der Waals surface area contributed by atoms with E-state index in [1.807, 2.05) is 64.1 Å². The summed E-state index contributed by atoms with van der Waals surface area (Å²) in [7, 11) is 0. The van der Waals surface area contributed by atoms with Gasteiger partial charge in [-0.1, -0.05) is 58.6 Å². The molecule has 4 heterocycles. The van der Waals surface area contributed by atoms with E-state index in [0.717, 1.165) is 84.6 Å². The number of carbonyl (C=O) groups excluding carboxylic acids is 6. The highest BCUT2D eigenvalue weighted by Crippen LogP contribution is 2.40. The average Bonchev–Trinajstić information content (AvgIpc) is 3.82. The standard InChI is InChI=1S/C58H75FN10O8S/c1-36-13-12-26-68(36)33-49-66-45-21-20-42(28-46(45)67-49)65-53(73)39-16-14-38(15-17-39)52(72)61-25-11-9-7-6-8-10-24-60-50(71)34-77-48-27-40(51-37(2)64-35-78-51)18-19-41(48)30-62-54(74)47-29-43(70)32-69(47)55(75)44(57(3,4)5)31-63-56(76)58(59)22-23-58/h14-21,27-28,35-36,43-44,47,70H,6-13,22-26,29-34H2,1-5H3,(H,60,71)(H,61,72)(H,62,74)(H,63,76)(H,65,73)(H,66,67)/t36-,43?,44?,47-/m0/s1. The van der Waals surface area contributed by atoms with Gasteiger partial charge < -0.3 is 46.3 Å². The third-order valence-electron chi connectivity index (χ3n) is 15.1. The van der Waals surface area contributed by atoms with Crippen molar-refractivity contribution in [3.05, 3.63) is 94.4 Å². The molecule has 20 heteroatoms. The van der Waals surface area contributed by atoms with Crippen molar-refractivity contribution in [2.75, 3.05) is 44.6 Å². The number of rotatable bonds is 25. The van der Waals surface area contributed by atoms with E-state index in [0.29, 0.717) is 47.3 Å². The molecule has 1 aliphatic carbocycles. The highest BCUT2D eigenvalue weighted by Gasteiger charge is 2.51. The zero-order chi connectivity index (χ0) is 55.6. The fraction of sp³-hybridized carbons (Fsp3) is 0.517. The number of imidazole rings is 1. The third kappa shape index (κ3) is 15.1. The van der Waals surface area contributed by atoms with Gasteiger partial charge in [0, 0.05) is 67.6 Å². The number of alkyl halides is 1. The minimum absolute atomic E-state index is 0.0115. The van der Waals surface area contributed by atoms with Gasteiger partial charge >= 0.3 is 0 Å². The number of benzene rings is 3. The Morgan fingerprint density at radius 3 is 2.27 bits per heavy atom. The van der Waals surface area contributed by atoms with Crippen LogP contribution < -0.4 is 31.3 Å². The Kier molecular flexibility index (Phi) is 19.0. The van der Waals surface area contributed by atoms with Crippen LogP contribution >= 0.6 is 11.3 Å². The van der Waals surface area contributed by atoms with Gasteiger partial charge in [-0.15, -0.1) is 11.3 Å². The number of nitrogens with one attached hydrogen (secondary N) is 6. The number of aromatic nitrogens is 3. The van der Waals surface area contributed by atoms with E-state index in [9.17, 15) is 38.3 Å². The average molecular weight is 1090 g/mol. The summed E-state index contributed by atoms with van der Waals surface area (Å²) in [4.78, 5) is 96.4. The van der Waals surface area contributed by atoms with Crippen LogP contribution in [0.4, 0.5) is 10.1 Å². The summed E-state index contributed by atoms with van der Waals surface area (Å²) in [6, 6.07) is 17.3. The second kappa shape index (κ2) is 25.8. The predicted molar refractivity (Wildman–Crippen MR) is 297 cm³/mol. The number of halogens is 1. The highest BCUT2D eigenvalue weighted by atomic mass is 32.1. The number of fused-ring (bicyclic) bond motifs is 1. The smallest absolute Gasteiger partial charge is 0.257 e. The molecule has 3 aromatic carbocycles. The minimum atomic E-state index is -1.89. The Bertz CT molecular complexity index is 2930. The Hall–Kier alpha value is -6.77. The van der Waals surface area contributed by atoms with Crippen LogP contribution in [0.25, 0.3) is 21.5 Å². The largest absolute Gasteiger partial charge is 0.483 e. The predicted octanol–water partition coefficient (Wildman–Crippen LogP) is 7.36. The maximum atomic E-state index is 14.4. The summed E-state index contributed by atoms with van der Waals surface area (Å²) < 4.78 is 20.5. The van der Waals surface area contributed by atoms with Gasteiger partial charge in [-0.3, -0.25) is 33.7 Å². The molecule has 3 fully saturated rings. The maximum absolute atomic E-state index is 14.4. The van der Waals surface area contributed by atoms with Crippen molar-refractivity contribution in [3.63, 3.8) is 0 Å². The topological polar surface area (TPSA) is 240 Å². The number of ether oxygens (including phenoxy) is 1. The number of anilines is 1. The second-order valence-corrected chi connectivity index (χ2v) is 23.1. The number of nitrogens with zero attached hydrogens (tertiary/aromatic N) is 4. The molecule has 6 amide bonds. The quantitative estimate of drug-likeness (QED) is 0.0285. The molecule has 418 valence electrons. The fourth-order valence-electron chi connectivity index (χ4n) is 10.1. The van der Waals surface area contributed by atoms with E-state index in [2.05, 4.69) is 48.4 Å². The van der Waals surface area contributed by atoms with Gasteiger partial charge in [0.15, 0.2) is 12.3 Å². The third-order valence-corrected chi connectivity index (χ3v) is 16.1. The summed E-state index contributed by atoms with van der Waals surface area (Å²) in [5.41, 5.74) is 4.77. The van der Waals surface area contributed by atoms with Gasteiger partial charge in [0.05, 0.1) is 45.7 Å². The zero-order valence-electron chi connectivity index (χ0n) is 45.5. The molecule has 1 saturated carbocycles. The van der Waals surface area contributed by atoms with Crippen molar-refractivity contribution >= 4 is 63.5 Å². The minimum Gasteiger partial charge on any atom is -0.483 e. The molecule has 2 saturated heterocycles. The molecule has 18 nitrogen and oxygen atoms in total. The van der Waals surface area contributed by atoms with Crippen LogP contribution in [0, 0.1) is 18.3 Å². The van der Waals surface area contributed by atoms with E-state index in [1.165, 1.54) is 29.1 Å². The molecule has 3 aliphatic rings. The SMILES string of the molecule is Cc1ncsc1-c1ccc(CNC(=O)[C@@H]2CC(O)CN2C(=O)C(CNC(=O)C2(F)CC2)C(C)(C)C)c(OCC(=O)NCCCCCCCCNC(=O)c2ccc(C(=O)Nc3ccc4[nH]c(CN5CCC[C@@H]5C)nc4c3)cc2)c1. The van der Waals surface area contributed by atoms with Crippen LogP contribution in [0.1, 0.15) is 136 Å². The molecule has 2 unspecified atom stereocenters. The fourth-order valence-corrected chi connectivity index (χ4v) is 10.9. The summed E-state index contributed by atoms with van der Waals surface area (Å²) >= 11 is 1.47. The Morgan fingerprint density at radius 1 is 0.897 bits per heavy atom. The molecule has 0 bridgehead atoms. The number of unbranched alkanes of at least 4 members (excludes halogenated alkanes) is 5. The Morgan fingerprint density at radius 2 is 1.60 bits per heavy atom. The van der Waals surface area contributed by atoms with Crippen LogP contribution in [0.2, 0.25) is 0 Å². The lowest BCUT2D eigenvalue weighted by Gasteiger charge is -2.35. The van der Waals surface area contributed by atoms with E-state index >= 15 is 0 Å². The number of aryl methyl sites for hydroxylation is 1. The van der Waals surface area contributed by atoms with E-state index in [1.54, 1.807) is 29.8 Å². The molecule has 7 N–H and O–H groups in total. The van der Waals surface area contributed by atoms with Crippen molar-refractivity contribution in [1.82, 2.24) is 46.0 Å². The number of aliphatic hydroxyl groups is 1. The number of aliphatic hydroxyl groups excluding tert-OH is 1. The van der Waals surface area contributed by atoms with Crippen LogP contribution in [-0.2, 0) is 32.3 Å². The van der Waals surface area contributed by atoms with Gasteiger partial charge in [0.2, 0.25) is 11.8 Å². The van der Waals surface area contributed by atoms with Gasteiger partial charge in [0.25, 0.3) is 23.6 Å². The molecular weight excluding hydrogens is 1020 g/mol. The van der Waals surface area contributed by atoms with Crippen LogP contribution in [0.3, 0.4) is 0 Å². The number of amides is 6. The van der Waals surface area contributed by atoms with Gasteiger partial charge in [-0.25, -0.2) is 14.4 Å². The Labute approximate surface area is 459 Å². The number of H-pyrrole nitrogens is 1. The Balaban J connectivity index is 0.722. The van der Waals surface area contributed by atoms with E-state index < -0.39 is 46.9 Å². The molecule has 0 radical (unpaired) electrons. The first kappa shape index (κ1) is 57.4. The molecule has 2 aliphatic heterocycles. The van der Waals surface area contributed by atoms with Crippen LogP contribution in [0.15, 0.2) is 66.2 Å². The van der Waals surface area contributed by atoms with Crippen molar-refractivity contribution in [2.45, 2.75) is 142 Å². The first-order chi connectivity index (χ1) is 37.3. The van der Waals surface area contributed by atoms with E-state index in [-0.39, 0.29) is 63.2 Å². The lowest BCUT2D eigenvalue weighted by molar-refractivity contribution is -0.145.